The van der Waals surface area contributed by atoms with Crippen LogP contribution in [0.2, 0.25) is 5.02 Å². The highest BCUT2D eigenvalue weighted by molar-refractivity contribution is 6.30. The molecular weight excluding hydrogens is 336 g/mol. The number of nitrogens with one attached hydrogen (secondary N) is 1. The molecule has 1 saturated heterocycles. The summed E-state index contributed by atoms with van der Waals surface area (Å²) in [5.41, 5.74) is 2.41. The Hall–Kier alpha value is -2.04. The maximum atomic E-state index is 11.9. The molecule has 0 saturated carbocycles. The highest BCUT2D eigenvalue weighted by Gasteiger charge is 2.11. The first-order valence-corrected chi connectivity index (χ1v) is 9.02. The minimum absolute atomic E-state index is 0.00528. The maximum absolute atomic E-state index is 11.9. The predicted octanol–water partition coefficient (Wildman–Crippen LogP) is 3.63. The van der Waals surface area contributed by atoms with Gasteiger partial charge < -0.3 is 10.1 Å². The predicted molar refractivity (Wildman–Crippen MR) is 99.7 cm³/mol. The van der Waals surface area contributed by atoms with Crippen LogP contribution < -0.4 is 10.1 Å². The van der Waals surface area contributed by atoms with Gasteiger partial charge in [0.2, 0.25) is 0 Å². The van der Waals surface area contributed by atoms with Gasteiger partial charge in [-0.15, -0.1) is 0 Å². The molecule has 25 heavy (non-hydrogen) atoms. The van der Waals surface area contributed by atoms with Crippen LogP contribution in [-0.2, 0) is 17.9 Å². The standard InChI is InChI=1S/C20H23ClN2O2/c21-18-7-9-19(10-8-18)25-15-20(24)22-13-16-3-5-17(6-4-16)14-23-11-1-2-12-23/h3-10H,1-2,11-15H2,(H,22,24). The molecule has 0 radical (unpaired) electrons. The number of likely N-dealkylation sites (tertiary alicyclic amines) is 1. The summed E-state index contributed by atoms with van der Waals surface area (Å²) in [6.45, 7) is 3.92. The van der Waals surface area contributed by atoms with Crippen molar-refractivity contribution in [3.05, 3.63) is 64.7 Å². The van der Waals surface area contributed by atoms with Crippen LogP contribution >= 0.6 is 11.6 Å². The van der Waals surface area contributed by atoms with Gasteiger partial charge in [0, 0.05) is 18.1 Å². The SMILES string of the molecule is O=C(COc1ccc(Cl)cc1)NCc1ccc(CN2CCCC2)cc1. The number of hydrogen-bond donors (Lipinski definition) is 1. The van der Waals surface area contributed by atoms with E-state index in [1.54, 1.807) is 24.3 Å². The number of nitrogens with zero attached hydrogens (tertiary/aromatic N) is 1. The molecule has 3 rings (SSSR count). The third-order valence-corrected chi connectivity index (χ3v) is 4.55. The number of amides is 1. The van der Waals surface area contributed by atoms with Crippen molar-refractivity contribution < 1.29 is 9.53 Å². The van der Waals surface area contributed by atoms with Crippen molar-refractivity contribution in [2.75, 3.05) is 19.7 Å². The van der Waals surface area contributed by atoms with Crippen molar-refractivity contribution in [1.82, 2.24) is 10.2 Å². The number of ether oxygens (including phenoxy) is 1. The normalized spacial score (nSPS) is 14.4. The summed E-state index contributed by atoms with van der Waals surface area (Å²) in [5.74, 6) is 0.488. The lowest BCUT2D eigenvalue weighted by molar-refractivity contribution is -0.123. The fraction of sp³-hybridized carbons (Fsp3) is 0.350. The summed E-state index contributed by atoms with van der Waals surface area (Å²) >= 11 is 5.81. The zero-order chi connectivity index (χ0) is 17.5. The van der Waals surface area contributed by atoms with E-state index < -0.39 is 0 Å². The van der Waals surface area contributed by atoms with E-state index in [-0.39, 0.29) is 12.5 Å². The summed E-state index contributed by atoms with van der Waals surface area (Å²) in [6.07, 6.45) is 2.62. The van der Waals surface area contributed by atoms with Gasteiger partial charge in [0.05, 0.1) is 0 Å². The molecule has 1 N–H and O–H groups in total. The van der Waals surface area contributed by atoms with E-state index in [0.717, 1.165) is 12.1 Å². The summed E-state index contributed by atoms with van der Waals surface area (Å²) in [4.78, 5) is 14.4. The Kier molecular flexibility index (Phi) is 6.31. The third-order valence-electron chi connectivity index (χ3n) is 4.30. The Morgan fingerprint density at radius 1 is 1.00 bits per heavy atom. The van der Waals surface area contributed by atoms with Crippen molar-refractivity contribution in [1.29, 1.82) is 0 Å². The van der Waals surface area contributed by atoms with Crippen LogP contribution in [0, 0.1) is 0 Å². The van der Waals surface area contributed by atoms with Gasteiger partial charge in [-0.25, -0.2) is 0 Å². The zero-order valence-electron chi connectivity index (χ0n) is 14.2. The maximum Gasteiger partial charge on any atom is 0.258 e. The van der Waals surface area contributed by atoms with Crippen LogP contribution in [0.5, 0.6) is 5.75 Å². The average Bonchev–Trinajstić information content (AvgIpc) is 3.14. The molecule has 0 atom stereocenters. The lowest BCUT2D eigenvalue weighted by atomic mass is 10.1. The molecule has 1 fully saturated rings. The average molecular weight is 359 g/mol. The van der Waals surface area contributed by atoms with Crippen LogP contribution in [0.4, 0.5) is 0 Å². The Bertz CT molecular complexity index is 680. The van der Waals surface area contributed by atoms with Gasteiger partial charge in [-0.1, -0.05) is 35.9 Å². The largest absolute Gasteiger partial charge is 0.484 e. The molecule has 0 aromatic heterocycles. The second-order valence-electron chi connectivity index (χ2n) is 6.32. The van der Waals surface area contributed by atoms with E-state index in [4.69, 9.17) is 16.3 Å². The lowest BCUT2D eigenvalue weighted by Gasteiger charge is -2.14. The van der Waals surface area contributed by atoms with Gasteiger partial charge in [-0.2, -0.15) is 0 Å². The van der Waals surface area contributed by atoms with Crippen molar-refractivity contribution in [2.24, 2.45) is 0 Å². The molecule has 0 spiro atoms. The number of benzene rings is 2. The minimum atomic E-state index is -0.143. The molecule has 4 nitrogen and oxygen atoms in total. The van der Waals surface area contributed by atoms with Crippen molar-refractivity contribution >= 4 is 17.5 Å². The number of hydrogen-bond acceptors (Lipinski definition) is 3. The molecule has 0 unspecified atom stereocenters. The molecule has 0 bridgehead atoms. The Labute approximate surface area is 153 Å². The van der Waals surface area contributed by atoms with Gasteiger partial charge in [0.15, 0.2) is 6.61 Å². The third kappa shape index (κ3) is 5.76. The van der Waals surface area contributed by atoms with Crippen LogP contribution in [-0.4, -0.2) is 30.5 Å². The van der Waals surface area contributed by atoms with E-state index in [9.17, 15) is 4.79 Å². The van der Waals surface area contributed by atoms with Crippen LogP contribution in [0.3, 0.4) is 0 Å². The Morgan fingerprint density at radius 2 is 1.64 bits per heavy atom. The molecule has 1 aliphatic heterocycles. The fourth-order valence-electron chi connectivity index (χ4n) is 2.89. The lowest BCUT2D eigenvalue weighted by Crippen LogP contribution is -2.28. The number of carbonyl (C=O) groups is 1. The second-order valence-corrected chi connectivity index (χ2v) is 6.76. The number of rotatable bonds is 7. The van der Waals surface area contributed by atoms with Gasteiger partial charge >= 0.3 is 0 Å². The van der Waals surface area contributed by atoms with E-state index in [0.29, 0.717) is 17.3 Å². The van der Waals surface area contributed by atoms with Crippen LogP contribution in [0.15, 0.2) is 48.5 Å². The van der Waals surface area contributed by atoms with Crippen molar-refractivity contribution in [3.63, 3.8) is 0 Å². The molecule has 2 aromatic rings. The summed E-state index contributed by atoms with van der Waals surface area (Å²) in [5, 5.41) is 3.52. The van der Waals surface area contributed by atoms with E-state index in [2.05, 4.69) is 34.5 Å². The minimum Gasteiger partial charge on any atom is -0.484 e. The van der Waals surface area contributed by atoms with Crippen molar-refractivity contribution in [3.8, 4) is 5.75 Å². The summed E-state index contributed by atoms with van der Waals surface area (Å²) in [7, 11) is 0. The highest BCUT2D eigenvalue weighted by Crippen LogP contribution is 2.15. The van der Waals surface area contributed by atoms with Gasteiger partial charge in [0.25, 0.3) is 5.91 Å². The van der Waals surface area contributed by atoms with Gasteiger partial charge in [0.1, 0.15) is 5.75 Å². The van der Waals surface area contributed by atoms with E-state index in [1.807, 2.05) is 0 Å². The molecule has 1 heterocycles. The zero-order valence-corrected chi connectivity index (χ0v) is 15.0. The smallest absolute Gasteiger partial charge is 0.258 e. The first-order valence-electron chi connectivity index (χ1n) is 8.64. The topological polar surface area (TPSA) is 41.6 Å². The van der Waals surface area contributed by atoms with Crippen LogP contribution in [0.25, 0.3) is 0 Å². The Morgan fingerprint density at radius 3 is 2.32 bits per heavy atom. The first kappa shape index (κ1) is 17.8. The highest BCUT2D eigenvalue weighted by atomic mass is 35.5. The molecule has 1 aliphatic rings. The molecule has 0 aliphatic carbocycles. The molecular formula is C20H23ClN2O2. The second kappa shape index (κ2) is 8.88. The number of carbonyl (C=O) groups excluding carboxylic acids is 1. The van der Waals surface area contributed by atoms with E-state index in [1.165, 1.54) is 31.5 Å². The van der Waals surface area contributed by atoms with Gasteiger partial charge in [-0.05, 0) is 61.3 Å². The van der Waals surface area contributed by atoms with E-state index >= 15 is 0 Å². The molecule has 2 aromatic carbocycles. The molecule has 5 heteroatoms. The fourth-order valence-corrected chi connectivity index (χ4v) is 3.02. The Balaban J connectivity index is 1.39. The van der Waals surface area contributed by atoms with Crippen molar-refractivity contribution in [2.45, 2.75) is 25.9 Å². The monoisotopic (exact) mass is 358 g/mol. The quantitative estimate of drug-likeness (QED) is 0.821. The molecule has 1 amide bonds. The summed E-state index contributed by atoms with van der Waals surface area (Å²) in [6, 6.07) is 15.4. The molecule has 132 valence electrons. The number of halogens is 1. The summed E-state index contributed by atoms with van der Waals surface area (Å²) < 4.78 is 5.43. The van der Waals surface area contributed by atoms with Crippen LogP contribution in [0.1, 0.15) is 24.0 Å². The first-order chi connectivity index (χ1) is 12.2. The van der Waals surface area contributed by atoms with Gasteiger partial charge in [-0.3, -0.25) is 9.69 Å².